The van der Waals surface area contributed by atoms with Crippen LogP contribution in [0, 0.1) is 5.92 Å². The molecule has 0 bridgehead atoms. The quantitative estimate of drug-likeness (QED) is 0.643. The molecule has 2 saturated heterocycles. The summed E-state index contributed by atoms with van der Waals surface area (Å²) in [7, 11) is 0. The van der Waals surface area contributed by atoms with E-state index in [9.17, 15) is 0 Å². The highest BCUT2D eigenvalue weighted by Crippen LogP contribution is 2.12. The van der Waals surface area contributed by atoms with E-state index < -0.39 is 0 Å². The van der Waals surface area contributed by atoms with Gasteiger partial charge in [0, 0.05) is 0 Å². The minimum absolute atomic E-state index is 0.996. The van der Waals surface area contributed by atoms with Crippen LogP contribution >= 0.6 is 0 Å². The molecule has 2 aliphatic rings. The van der Waals surface area contributed by atoms with E-state index in [1.54, 1.807) is 0 Å². The molecule has 0 saturated carbocycles. The molecule has 0 radical (unpaired) electrons. The van der Waals surface area contributed by atoms with Gasteiger partial charge in [-0.2, -0.15) is 0 Å². The van der Waals surface area contributed by atoms with Gasteiger partial charge in [-0.05, 0) is 57.9 Å². The molecule has 2 heterocycles. The molecule has 2 nitrogen and oxygen atoms in total. The molecule has 2 fully saturated rings. The van der Waals surface area contributed by atoms with Crippen molar-refractivity contribution in [2.75, 3.05) is 32.7 Å². The summed E-state index contributed by atoms with van der Waals surface area (Å²) < 4.78 is 0. The molecule has 0 spiro atoms. The molecule has 0 atom stereocenters. The first-order valence-corrected chi connectivity index (χ1v) is 4.88. The van der Waals surface area contributed by atoms with Gasteiger partial charge in [0.05, 0.1) is 0 Å². The van der Waals surface area contributed by atoms with Crippen LogP contribution in [0.1, 0.15) is 19.3 Å². The van der Waals surface area contributed by atoms with Crippen LogP contribution in [0.15, 0.2) is 0 Å². The lowest BCUT2D eigenvalue weighted by Gasteiger charge is -2.28. The molecule has 2 aliphatic heterocycles. The van der Waals surface area contributed by atoms with Crippen molar-refractivity contribution in [3.63, 3.8) is 0 Å². The molecule has 0 unspecified atom stereocenters. The Morgan fingerprint density at radius 2 is 1.91 bits per heavy atom. The van der Waals surface area contributed by atoms with Crippen LogP contribution < -0.4 is 5.32 Å². The van der Waals surface area contributed by atoms with E-state index in [2.05, 4.69) is 10.2 Å². The van der Waals surface area contributed by atoms with Crippen LogP contribution in [0.4, 0.5) is 0 Å². The van der Waals surface area contributed by atoms with E-state index in [4.69, 9.17) is 0 Å². The Bertz CT molecular complexity index is 115. The Balaban J connectivity index is 1.57. The summed E-state index contributed by atoms with van der Waals surface area (Å²) in [5, 5.41) is 3.32. The van der Waals surface area contributed by atoms with E-state index in [-0.39, 0.29) is 0 Å². The maximum absolute atomic E-state index is 3.32. The highest BCUT2D eigenvalue weighted by molar-refractivity contribution is 4.76. The number of rotatable bonds is 3. The van der Waals surface area contributed by atoms with Crippen LogP contribution in [0.2, 0.25) is 0 Å². The first kappa shape index (κ1) is 7.56. The van der Waals surface area contributed by atoms with E-state index in [1.165, 1.54) is 52.0 Å². The molecule has 0 aromatic heterocycles. The highest BCUT2D eigenvalue weighted by Gasteiger charge is 2.18. The topological polar surface area (TPSA) is 15.3 Å². The Kier molecular flexibility index (Phi) is 2.44. The van der Waals surface area contributed by atoms with Crippen molar-refractivity contribution in [3.8, 4) is 0 Å². The first-order valence-electron chi connectivity index (χ1n) is 4.88. The van der Waals surface area contributed by atoms with Crippen LogP contribution in [0.25, 0.3) is 0 Å². The third-order valence-electron chi connectivity index (χ3n) is 2.92. The van der Waals surface area contributed by atoms with Crippen LogP contribution in [0.5, 0.6) is 0 Å². The molecule has 2 heteroatoms. The lowest BCUT2D eigenvalue weighted by Crippen LogP contribution is -2.43. The van der Waals surface area contributed by atoms with Crippen molar-refractivity contribution in [1.82, 2.24) is 10.2 Å². The average molecular weight is 154 g/mol. The zero-order valence-electron chi connectivity index (χ0n) is 7.18. The summed E-state index contributed by atoms with van der Waals surface area (Å²) in [6, 6.07) is 0. The molecule has 0 aromatic rings. The minimum atomic E-state index is 0.996. The van der Waals surface area contributed by atoms with Gasteiger partial charge in [0.2, 0.25) is 0 Å². The van der Waals surface area contributed by atoms with Crippen molar-refractivity contribution in [2.24, 2.45) is 5.92 Å². The lowest BCUT2D eigenvalue weighted by molar-refractivity contribution is 0.257. The number of likely N-dealkylation sites (tertiary alicyclic amines) is 1. The minimum Gasteiger partial charge on any atom is -0.316 e. The van der Waals surface area contributed by atoms with Crippen molar-refractivity contribution in [2.45, 2.75) is 19.3 Å². The fourth-order valence-corrected chi connectivity index (χ4v) is 1.92. The molecule has 1 N–H and O–H groups in total. The average Bonchev–Trinajstić information content (AvgIpc) is 2.36. The second kappa shape index (κ2) is 3.55. The summed E-state index contributed by atoms with van der Waals surface area (Å²) in [6.45, 7) is 6.62. The summed E-state index contributed by atoms with van der Waals surface area (Å²) >= 11 is 0. The SMILES string of the molecule is C1CCN(CCC2CNC2)C1. The third-order valence-corrected chi connectivity index (χ3v) is 2.92. The lowest BCUT2D eigenvalue weighted by atomic mass is 9.99. The Labute approximate surface area is 69.0 Å². The molecule has 11 heavy (non-hydrogen) atoms. The van der Waals surface area contributed by atoms with Gasteiger partial charge in [-0.1, -0.05) is 0 Å². The van der Waals surface area contributed by atoms with Crippen molar-refractivity contribution < 1.29 is 0 Å². The molecule has 0 amide bonds. The maximum atomic E-state index is 3.32. The van der Waals surface area contributed by atoms with Crippen molar-refractivity contribution in [1.29, 1.82) is 0 Å². The fourth-order valence-electron chi connectivity index (χ4n) is 1.92. The zero-order valence-corrected chi connectivity index (χ0v) is 7.18. The largest absolute Gasteiger partial charge is 0.316 e. The van der Waals surface area contributed by atoms with E-state index in [0.717, 1.165) is 5.92 Å². The molecule has 64 valence electrons. The van der Waals surface area contributed by atoms with Crippen molar-refractivity contribution >= 4 is 0 Å². The second-order valence-electron chi connectivity index (χ2n) is 3.86. The second-order valence-corrected chi connectivity index (χ2v) is 3.86. The zero-order chi connectivity index (χ0) is 7.52. The Morgan fingerprint density at radius 3 is 2.45 bits per heavy atom. The van der Waals surface area contributed by atoms with Gasteiger partial charge in [-0.15, -0.1) is 0 Å². The maximum Gasteiger partial charge on any atom is -0.000778 e. The third kappa shape index (κ3) is 1.94. The smallest absolute Gasteiger partial charge is 0.000778 e. The number of hydrogen-bond acceptors (Lipinski definition) is 2. The standard InChI is InChI=1S/C9H18N2/c1-2-5-11(4-1)6-3-9-7-10-8-9/h9-10H,1-8H2. The van der Waals surface area contributed by atoms with Gasteiger partial charge in [-0.3, -0.25) is 0 Å². The van der Waals surface area contributed by atoms with Crippen LogP contribution in [0.3, 0.4) is 0 Å². The number of hydrogen-bond donors (Lipinski definition) is 1. The van der Waals surface area contributed by atoms with E-state index in [1.807, 2.05) is 0 Å². The fraction of sp³-hybridized carbons (Fsp3) is 1.00. The van der Waals surface area contributed by atoms with E-state index in [0.29, 0.717) is 0 Å². The summed E-state index contributed by atoms with van der Waals surface area (Å²) in [5.74, 6) is 0.996. The summed E-state index contributed by atoms with van der Waals surface area (Å²) in [6.07, 6.45) is 4.29. The Hall–Kier alpha value is -0.0800. The summed E-state index contributed by atoms with van der Waals surface area (Å²) in [4.78, 5) is 2.61. The van der Waals surface area contributed by atoms with Gasteiger partial charge in [0.25, 0.3) is 0 Å². The van der Waals surface area contributed by atoms with Gasteiger partial charge >= 0.3 is 0 Å². The Morgan fingerprint density at radius 1 is 1.18 bits per heavy atom. The molecular formula is C9H18N2. The van der Waals surface area contributed by atoms with Gasteiger partial charge in [-0.25, -0.2) is 0 Å². The molecular weight excluding hydrogens is 136 g/mol. The number of nitrogens with zero attached hydrogens (tertiary/aromatic N) is 1. The monoisotopic (exact) mass is 154 g/mol. The number of nitrogens with one attached hydrogen (secondary N) is 1. The highest BCUT2D eigenvalue weighted by atomic mass is 15.1. The van der Waals surface area contributed by atoms with Crippen LogP contribution in [-0.2, 0) is 0 Å². The van der Waals surface area contributed by atoms with Gasteiger partial charge in [0.1, 0.15) is 0 Å². The van der Waals surface area contributed by atoms with E-state index >= 15 is 0 Å². The predicted octanol–water partition coefficient (Wildman–Crippen LogP) is 0.692. The first-order chi connectivity index (χ1) is 5.45. The van der Waals surface area contributed by atoms with Crippen molar-refractivity contribution in [3.05, 3.63) is 0 Å². The summed E-state index contributed by atoms with van der Waals surface area (Å²) in [5.41, 5.74) is 0. The van der Waals surface area contributed by atoms with Crippen LogP contribution in [-0.4, -0.2) is 37.6 Å². The molecule has 2 rings (SSSR count). The predicted molar refractivity (Wildman–Crippen MR) is 46.7 cm³/mol. The molecule has 0 aliphatic carbocycles. The van der Waals surface area contributed by atoms with Gasteiger partial charge < -0.3 is 10.2 Å². The molecule has 0 aromatic carbocycles. The van der Waals surface area contributed by atoms with Gasteiger partial charge in [0.15, 0.2) is 0 Å². The normalized spacial score (nSPS) is 27.3.